The van der Waals surface area contributed by atoms with Crippen LogP contribution in [0.5, 0.6) is 0 Å². The molecule has 0 aromatic carbocycles. The molecule has 0 spiro atoms. The van der Waals surface area contributed by atoms with Gasteiger partial charge in [0, 0.05) is 6.42 Å². The van der Waals surface area contributed by atoms with E-state index < -0.39 is 0 Å². The Kier molecular flexibility index (Phi) is 3.21. The number of aromatic nitrogens is 1. The molecule has 0 amide bonds. The minimum absolute atomic E-state index is 0.806. The summed E-state index contributed by atoms with van der Waals surface area (Å²) < 4.78 is 0. The average Bonchev–Trinajstić information content (AvgIpc) is 2.07. The first-order valence-electron chi connectivity index (χ1n) is 3.75. The van der Waals surface area contributed by atoms with E-state index in [1.807, 2.05) is 12.1 Å². The van der Waals surface area contributed by atoms with E-state index in [1.165, 1.54) is 0 Å². The van der Waals surface area contributed by atoms with Crippen LogP contribution in [-0.2, 0) is 0 Å². The number of hydrogen-bond acceptors (Lipinski definition) is 1. The minimum atomic E-state index is 0.806. The molecule has 11 heavy (non-hydrogen) atoms. The number of pyridine rings is 1. The summed E-state index contributed by atoms with van der Waals surface area (Å²) in [5, 5.41) is 0. The van der Waals surface area contributed by atoms with Crippen LogP contribution in [-0.4, -0.2) is 4.98 Å². The topological polar surface area (TPSA) is 12.9 Å². The first-order valence-corrected chi connectivity index (χ1v) is 3.75. The third-order valence-corrected chi connectivity index (χ3v) is 1.20. The van der Waals surface area contributed by atoms with Crippen molar-refractivity contribution in [3.8, 4) is 11.8 Å². The second kappa shape index (κ2) is 4.51. The molecule has 0 aliphatic rings. The molecule has 55 valence electrons. The normalized spacial score (nSPS) is 8.45. The van der Waals surface area contributed by atoms with Crippen LogP contribution in [0.4, 0.5) is 0 Å². The Bertz CT molecular complexity index is 253. The van der Waals surface area contributed by atoms with E-state index in [0.717, 1.165) is 18.5 Å². The first kappa shape index (κ1) is 7.81. The van der Waals surface area contributed by atoms with E-state index in [1.54, 1.807) is 6.07 Å². The van der Waals surface area contributed by atoms with Crippen LogP contribution >= 0.6 is 0 Å². The van der Waals surface area contributed by atoms with Crippen molar-refractivity contribution in [1.29, 1.82) is 0 Å². The number of nitrogens with zero attached hydrogens (tertiary/aromatic N) is 1. The van der Waals surface area contributed by atoms with E-state index in [2.05, 4.69) is 29.9 Å². The Morgan fingerprint density at radius 1 is 1.64 bits per heavy atom. The van der Waals surface area contributed by atoms with Crippen molar-refractivity contribution in [1.82, 2.24) is 4.98 Å². The fourth-order valence-corrected chi connectivity index (χ4v) is 0.674. The van der Waals surface area contributed by atoms with Crippen molar-refractivity contribution in [2.24, 2.45) is 0 Å². The van der Waals surface area contributed by atoms with Crippen molar-refractivity contribution in [2.45, 2.75) is 19.8 Å². The van der Waals surface area contributed by atoms with Crippen LogP contribution in [0.1, 0.15) is 25.5 Å². The van der Waals surface area contributed by atoms with E-state index in [-0.39, 0.29) is 0 Å². The Morgan fingerprint density at radius 2 is 2.55 bits per heavy atom. The van der Waals surface area contributed by atoms with Crippen LogP contribution in [0, 0.1) is 18.0 Å². The standard InChI is InChI=1S/C10H10N/c1-2-3-4-7-10-8-5-6-9-11-10/h5-6,8H,2-3H2,1H3. The van der Waals surface area contributed by atoms with Gasteiger partial charge in [0.25, 0.3) is 0 Å². The van der Waals surface area contributed by atoms with Crippen molar-refractivity contribution in [3.05, 3.63) is 30.1 Å². The van der Waals surface area contributed by atoms with Crippen LogP contribution in [0.2, 0.25) is 0 Å². The molecule has 0 atom stereocenters. The molecule has 0 N–H and O–H groups in total. The molecule has 1 radical (unpaired) electrons. The Labute approximate surface area is 67.5 Å². The highest BCUT2D eigenvalue weighted by molar-refractivity contribution is 5.26. The van der Waals surface area contributed by atoms with Crippen LogP contribution < -0.4 is 0 Å². The lowest BCUT2D eigenvalue weighted by atomic mass is 10.3. The predicted octanol–water partition coefficient (Wildman–Crippen LogP) is 2.03. The summed E-state index contributed by atoms with van der Waals surface area (Å²) in [6.45, 7) is 2.11. The molecular weight excluding hydrogens is 134 g/mol. The summed E-state index contributed by atoms with van der Waals surface area (Å²) in [6, 6.07) is 5.55. The molecular formula is C10H10N. The number of hydrogen-bond donors (Lipinski definition) is 0. The summed E-state index contributed by atoms with van der Waals surface area (Å²) in [6.07, 6.45) is 4.78. The maximum Gasteiger partial charge on any atom is 0.113 e. The van der Waals surface area contributed by atoms with Gasteiger partial charge in [0.05, 0.1) is 6.20 Å². The highest BCUT2D eigenvalue weighted by atomic mass is 14.6. The third kappa shape index (κ3) is 2.86. The first-order chi connectivity index (χ1) is 5.43. The van der Waals surface area contributed by atoms with E-state index in [0.29, 0.717) is 0 Å². The van der Waals surface area contributed by atoms with Gasteiger partial charge in [-0.3, -0.25) is 0 Å². The summed E-state index contributed by atoms with van der Waals surface area (Å²) in [5.74, 6) is 5.97. The highest BCUT2D eigenvalue weighted by Crippen LogP contribution is 1.89. The lowest BCUT2D eigenvalue weighted by Gasteiger charge is -1.84. The summed E-state index contributed by atoms with van der Waals surface area (Å²) >= 11 is 0. The molecule has 0 unspecified atom stereocenters. The molecule has 0 saturated carbocycles. The fraction of sp³-hybridized carbons (Fsp3) is 0.300. The maximum atomic E-state index is 3.95. The van der Waals surface area contributed by atoms with Crippen LogP contribution in [0.15, 0.2) is 18.2 Å². The molecule has 1 heteroatoms. The zero-order valence-electron chi connectivity index (χ0n) is 6.59. The zero-order valence-corrected chi connectivity index (χ0v) is 6.59. The average molecular weight is 144 g/mol. The van der Waals surface area contributed by atoms with Gasteiger partial charge in [-0.25, -0.2) is 4.98 Å². The molecule has 0 fully saturated rings. The summed E-state index contributed by atoms with van der Waals surface area (Å²) in [7, 11) is 0. The smallest absolute Gasteiger partial charge is 0.113 e. The summed E-state index contributed by atoms with van der Waals surface area (Å²) in [5.41, 5.74) is 0.806. The van der Waals surface area contributed by atoms with E-state index >= 15 is 0 Å². The van der Waals surface area contributed by atoms with Gasteiger partial charge in [-0.05, 0) is 24.5 Å². The molecule has 1 rings (SSSR count). The lowest BCUT2D eigenvalue weighted by molar-refractivity contribution is 0.983. The van der Waals surface area contributed by atoms with E-state index in [9.17, 15) is 0 Å². The Balaban J connectivity index is 2.59. The predicted molar refractivity (Wildman–Crippen MR) is 44.9 cm³/mol. The maximum absolute atomic E-state index is 3.95. The lowest BCUT2D eigenvalue weighted by Crippen LogP contribution is -1.78. The van der Waals surface area contributed by atoms with Crippen LogP contribution in [0.25, 0.3) is 0 Å². The molecule has 0 aliphatic heterocycles. The molecule has 1 aromatic rings. The Hall–Kier alpha value is -1.29. The molecule has 0 bridgehead atoms. The van der Waals surface area contributed by atoms with Crippen molar-refractivity contribution >= 4 is 0 Å². The monoisotopic (exact) mass is 144 g/mol. The van der Waals surface area contributed by atoms with E-state index in [4.69, 9.17) is 0 Å². The van der Waals surface area contributed by atoms with Gasteiger partial charge in [-0.15, -0.1) is 0 Å². The van der Waals surface area contributed by atoms with Gasteiger partial charge >= 0.3 is 0 Å². The summed E-state index contributed by atoms with van der Waals surface area (Å²) in [4.78, 5) is 3.95. The van der Waals surface area contributed by atoms with Gasteiger partial charge in [0.1, 0.15) is 5.69 Å². The third-order valence-electron chi connectivity index (χ3n) is 1.20. The zero-order chi connectivity index (χ0) is 7.94. The quantitative estimate of drug-likeness (QED) is 0.549. The molecule has 1 aromatic heterocycles. The van der Waals surface area contributed by atoms with Crippen LogP contribution in [0.3, 0.4) is 0 Å². The van der Waals surface area contributed by atoms with Crippen molar-refractivity contribution in [2.75, 3.05) is 0 Å². The molecule has 1 heterocycles. The van der Waals surface area contributed by atoms with Gasteiger partial charge in [0.15, 0.2) is 0 Å². The molecule has 1 nitrogen and oxygen atoms in total. The highest BCUT2D eigenvalue weighted by Gasteiger charge is 1.81. The van der Waals surface area contributed by atoms with Gasteiger partial charge in [0.2, 0.25) is 0 Å². The second-order valence-corrected chi connectivity index (χ2v) is 2.20. The minimum Gasteiger partial charge on any atom is -0.238 e. The largest absolute Gasteiger partial charge is 0.238 e. The fourth-order valence-electron chi connectivity index (χ4n) is 0.674. The van der Waals surface area contributed by atoms with Crippen molar-refractivity contribution in [3.63, 3.8) is 0 Å². The molecule has 0 saturated heterocycles. The number of unbranched alkanes of at least 4 members (excludes halogenated alkanes) is 1. The number of rotatable bonds is 1. The SMILES string of the molecule is CCCC#Cc1ccc[c]n1. The molecule has 0 aliphatic carbocycles. The van der Waals surface area contributed by atoms with Gasteiger partial charge < -0.3 is 0 Å². The second-order valence-electron chi connectivity index (χ2n) is 2.20. The Morgan fingerprint density at radius 3 is 3.18 bits per heavy atom. The van der Waals surface area contributed by atoms with Crippen molar-refractivity contribution < 1.29 is 0 Å². The van der Waals surface area contributed by atoms with Gasteiger partial charge in [-0.1, -0.05) is 18.9 Å². The van der Waals surface area contributed by atoms with Gasteiger partial charge in [-0.2, -0.15) is 0 Å².